The molecule has 0 saturated carbocycles. The summed E-state index contributed by atoms with van der Waals surface area (Å²) in [4.78, 5) is 1.00. The van der Waals surface area contributed by atoms with Gasteiger partial charge >= 0.3 is 0 Å². The molecule has 0 atom stereocenters. The number of rotatable bonds is 0. The molecule has 0 aliphatic carbocycles. The number of hydrogen-bond acceptors (Lipinski definition) is 1. The predicted molar refractivity (Wildman–Crippen MR) is 35.3 cm³/mol. The van der Waals surface area contributed by atoms with Gasteiger partial charge in [0.05, 0.1) is 0 Å². The van der Waals surface area contributed by atoms with Crippen LogP contribution in [0.5, 0.6) is 0 Å². The molecule has 0 spiro atoms. The van der Waals surface area contributed by atoms with Gasteiger partial charge in [-0.05, 0) is 18.7 Å². The molecule has 0 aromatic heterocycles. The van der Waals surface area contributed by atoms with E-state index in [-0.39, 0.29) is 0 Å². The Morgan fingerprint density at radius 3 is 1.17 bits per heavy atom. The summed E-state index contributed by atoms with van der Waals surface area (Å²) in [5.74, 6) is 0. The van der Waals surface area contributed by atoms with Crippen LogP contribution < -0.4 is 0 Å². The maximum atomic E-state index is 4.54. The fourth-order valence-electron chi connectivity index (χ4n) is 0. The molecule has 0 radical (unpaired) electrons. The zero-order chi connectivity index (χ0) is 5.58. The van der Waals surface area contributed by atoms with Gasteiger partial charge in [0.15, 0.2) is 0 Å². The first kappa shape index (κ1) is 9.43. The molecule has 0 aliphatic heterocycles. The Labute approximate surface area is 45.6 Å². The number of thiocarbonyl (C=S) groups is 1. The zero-order valence-electron chi connectivity index (χ0n) is 4.91. The molecule has 0 rings (SSSR count). The van der Waals surface area contributed by atoms with Gasteiger partial charge in [-0.2, -0.15) is 0 Å². The van der Waals surface area contributed by atoms with Crippen molar-refractivity contribution in [3.05, 3.63) is 0 Å². The molecule has 0 aromatic rings. The third-order valence-corrected chi connectivity index (χ3v) is 0. The molecular formula is C5H12S. The van der Waals surface area contributed by atoms with Crippen LogP contribution in [0, 0.1) is 0 Å². The maximum absolute atomic E-state index is 4.54. The van der Waals surface area contributed by atoms with Crippen molar-refractivity contribution in [1.82, 2.24) is 0 Å². The summed E-state index contributed by atoms with van der Waals surface area (Å²) in [5.41, 5.74) is 0. The Kier molecular flexibility index (Phi) is 14.0. The van der Waals surface area contributed by atoms with E-state index in [1.54, 1.807) is 0 Å². The molecule has 0 nitrogen and oxygen atoms in total. The normalized spacial score (nSPS) is 5.33. The lowest BCUT2D eigenvalue weighted by Crippen LogP contribution is -1.63. The lowest BCUT2D eigenvalue weighted by atomic mass is 10.6. The highest BCUT2D eigenvalue weighted by Crippen LogP contribution is 1.61. The third-order valence-electron chi connectivity index (χ3n) is 0. The Morgan fingerprint density at radius 2 is 1.17 bits per heavy atom. The van der Waals surface area contributed by atoms with Crippen LogP contribution in [0.3, 0.4) is 0 Å². The van der Waals surface area contributed by atoms with E-state index in [0.29, 0.717) is 0 Å². The van der Waals surface area contributed by atoms with Crippen molar-refractivity contribution in [1.29, 1.82) is 0 Å². The number of hydrogen-bond donors (Lipinski definition) is 0. The van der Waals surface area contributed by atoms with Gasteiger partial charge in [-0.25, -0.2) is 0 Å². The molecule has 0 heterocycles. The van der Waals surface area contributed by atoms with Gasteiger partial charge in [-0.3, -0.25) is 0 Å². The average molecular weight is 104 g/mol. The average Bonchev–Trinajstić information content (AvgIpc) is 1.41. The summed E-state index contributed by atoms with van der Waals surface area (Å²) in [5, 5.41) is 0. The summed E-state index contributed by atoms with van der Waals surface area (Å²) >= 11 is 4.54. The minimum Gasteiger partial charge on any atom is -0.0903 e. The summed E-state index contributed by atoms with van der Waals surface area (Å²) < 4.78 is 0. The van der Waals surface area contributed by atoms with E-state index < -0.39 is 0 Å². The molecule has 0 aliphatic rings. The molecule has 0 N–H and O–H groups in total. The third kappa shape index (κ3) is 4820. The minimum absolute atomic E-state index is 1.00. The van der Waals surface area contributed by atoms with Crippen molar-refractivity contribution in [3.63, 3.8) is 0 Å². The second kappa shape index (κ2) is 8.92. The van der Waals surface area contributed by atoms with Crippen LogP contribution in [-0.4, -0.2) is 4.86 Å². The Morgan fingerprint density at radius 1 is 1.17 bits per heavy atom. The van der Waals surface area contributed by atoms with Gasteiger partial charge in [-0.15, -0.1) is 0 Å². The van der Waals surface area contributed by atoms with E-state index in [9.17, 15) is 0 Å². The SMILES string of the molecule is CC.CC(C)=S. The monoisotopic (exact) mass is 104 g/mol. The van der Waals surface area contributed by atoms with Crippen molar-refractivity contribution in [3.8, 4) is 0 Å². The quantitative estimate of drug-likeness (QED) is 0.425. The molecule has 6 heavy (non-hydrogen) atoms. The molecule has 0 amide bonds. The van der Waals surface area contributed by atoms with Crippen LogP contribution in [0.2, 0.25) is 0 Å². The largest absolute Gasteiger partial charge is 0.0903 e. The van der Waals surface area contributed by atoms with Gasteiger partial charge in [0.1, 0.15) is 0 Å². The highest BCUT2D eigenvalue weighted by molar-refractivity contribution is 7.80. The van der Waals surface area contributed by atoms with Gasteiger partial charge in [-0.1, -0.05) is 26.1 Å². The van der Waals surface area contributed by atoms with E-state index in [0.717, 1.165) is 4.86 Å². The van der Waals surface area contributed by atoms with Gasteiger partial charge in [0, 0.05) is 0 Å². The highest BCUT2D eigenvalue weighted by Gasteiger charge is 1.55. The first-order valence-corrected chi connectivity index (χ1v) is 2.61. The molecule has 0 unspecified atom stereocenters. The smallest absolute Gasteiger partial charge is 0.0133 e. The first-order valence-electron chi connectivity index (χ1n) is 2.20. The van der Waals surface area contributed by atoms with Crippen molar-refractivity contribution in [2.75, 3.05) is 0 Å². The van der Waals surface area contributed by atoms with Crippen LogP contribution in [-0.2, 0) is 0 Å². The zero-order valence-corrected chi connectivity index (χ0v) is 5.72. The molecule has 0 saturated heterocycles. The van der Waals surface area contributed by atoms with Gasteiger partial charge in [0.2, 0.25) is 0 Å². The minimum atomic E-state index is 1.00. The van der Waals surface area contributed by atoms with Crippen molar-refractivity contribution in [2.24, 2.45) is 0 Å². The summed E-state index contributed by atoms with van der Waals surface area (Å²) in [6, 6.07) is 0. The standard InChI is InChI=1S/C3H6S.C2H6/c1-3(2)4;1-2/h1-2H3;1-2H3. The molecule has 1 heteroatoms. The Balaban J connectivity index is 0. The topological polar surface area (TPSA) is 0 Å². The Hall–Kier alpha value is 0.0900. The van der Waals surface area contributed by atoms with Crippen molar-refractivity contribution >= 4 is 17.1 Å². The van der Waals surface area contributed by atoms with E-state index in [2.05, 4.69) is 12.2 Å². The Bertz CT molecular complexity index is 26.9. The molecule has 38 valence electrons. The van der Waals surface area contributed by atoms with Crippen LogP contribution in [0.4, 0.5) is 0 Å². The second-order valence-electron chi connectivity index (χ2n) is 0.908. The maximum Gasteiger partial charge on any atom is -0.0133 e. The molecule has 0 aromatic carbocycles. The van der Waals surface area contributed by atoms with Crippen molar-refractivity contribution in [2.45, 2.75) is 27.7 Å². The molecular weight excluding hydrogens is 92.1 g/mol. The summed E-state index contributed by atoms with van der Waals surface area (Å²) in [7, 11) is 0. The lowest BCUT2D eigenvalue weighted by Gasteiger charge is -1.61. The van der Waals surface area contributed by atoms with Gasteiger partial charge < -0.3 is 0 Å². The van der Waals surface area contributed by atoms with Crippen LogP contribution in [0.1, 0.15) is 27.7 Å². The summed E-state index contributed by atoms with van der Waals surface area (Å²) in [6.45, 7) is 7.80. The fourth-order valence-corrected chi connectivity index (χ4v) is 0. The second-order valence-corrected chi connectivity index (χ2v) is 1.72. The van der Waals surface area contributed by atoms with Crippen molar-refractivity contribution < 1.29 is 0 Å². The van der Waals surface area contributed by atoms with E-state index in [4.69, 9.17) is 0 Å². The van der Waals surface area contributed by atoms with Crippen LogP contribution >= 0.6 is 12.2 Å². The fraction of sp³-hybridized carbons (Fsp3) is 0.800. The van der Waals surface area contributed by atoms with E-state index in [1.165, 1.54) is 0 Å². The molecule has 0 fully saturated rings. The summed E-state index contributed by atoms with van der Waals surface area (Å²) in [6.07, 6.45) is 0. The molecule has 0 bridgehead atoms. The lowest BCUT2D eigenvalue weighted by molar-refractivity contribution is 1.50. The van der Waals surface area contributed by atoms with E-state index in [1.807, 2.05) is 27.7 Å². The highest BCUT2D eigenvalue weighted by atomic mass is 32.1. The van der Waals surface area contributed by atoms with Gasteiger partial charge in [0.25, 0.3) is 0 Å². The van der Waals surface area contributed by atoms with Crippen LogP contribution in [0.25, 0.3) is 0 Å². The first-order chi connectivity index (χ1) is 2.73. The predicted octanol–water partition coefficient (Wildman–Crippen LogP) is 2.42. The van der Waals surface area contributed by atoms with E-state index >= 15 is 0 Å². The van der Waals surface area contributed by atoms with Crippen LogP contribution in [0.15, 0.2) is 0 Å².